The Bertz CT molecular complexity index is 830. The summed E-state index contributed by atoms with van der Waals surface area (Å²) in [5, 5.41) is 3.93. The molecule has 0 bridgehead atoms. The highest BCUT2D eigenvalue weighted by Crippen LogP contribution is 2.29. The molecule has 8 heteroatoms. The molecule has 5 nitrogen and oxygen atoms in total. The molecule has 0 spiro atoms. The zero-order chi connectivity index (χ0) is 14.1. The first-order chi connectivity index (χ1) is 9.63. The molecule has 0 aliphatic heterocycles. The number of hydrogen-bond donors (Lipinski definition) is 1. The van der Waals surface area contributed by atoms with Crippen molar-refractivity contribution >= 4 is 49.7 Å². The van der Waals surface area contributed by atoms with Gasteiger partial charge in [0.15, 0.2) is 0 Å². The normalized spacial score (nSPS) is 11.1. The number of fused-ring (bicyclic) bond motifs is 1. The first-order valence-electron chi connectivity index (χ1n) is 5.64. The highest BCUT2D eigenvalue weighted by atomic mass is 79.9. The summed E-state index contributed by atoms with van der Waals surface area (Å²) in [6, 6.07) is 7.25. The van der Waals surface area contributed by atoms with Crippen molar-refractivity contribution in [1.29, 1.82) is 0 Å². The summed E-state index contributed by atoms with van der Waals surface area (Å²) in [5.74, 6) is 0.593. The average molecular weight is 369 g/mol. The van der Waals surface area contributed by atoms with E-state index >= 15 is 0 Å². The third kappa shape index (κ3) is 2.72. The van der Waals surface area contributed by atoms with Gasteiger partial charge in [-0.2, -0.15) is 9.61 Å². The van der Waals surface area contributed by atoms with Crippen LogP contribution in [-0.4, -0.2) is 14.6 Å². The van der Waals surface area contributed by atoms with Gasteiger partial charge in [-0.1, -0.05) is 27.3 Å². The summed E-state index contributed by atoms with van der Waals surface area (Å²) in [6.07, 6.45) is 0. The second-order valence-electron chi connectivity index (χ2n) is 3.99. The van der Waals surface area contributed by atoms with Crippen LogP contribution in [0.15, 0.2) is 43.9 Å². The van der Waals surface area contributed by atoms with Crippen molar-refractivity contribution in [2.24, 2.45) is 0 Å². The Morgan fingerprint density at radius 3 is 3.05 bits per heavy atom. The summed E-state index contributed by atoms with van der Waals surface area (Å²) >= 11 is 6.27. The molecular formula is C12H9BrN4OS2. The van der Waals surface area contributed by atoms with Crippen molar-refractivity contribution in [3.05, 3.63) is 50.3 Å². The minimum absolute atomic E-state index is 0.157. The highest BCUT2D eigenvalue weighted by molar-refractivity contribution is 9.10. The lowest BCUT2D eigenvalue weighted by Crippen LogP contribution is -2.14. The van der Waals surface area contributed by atoms with Crippen molar-refractivity contribution < 1.29 is 0 Å². The number of nitrogen functional groups attached to an aromatic ring is 1. The minimum Gasteiger partial charge on any atom is -0.398 e. The molecule has 3 rings (SSSR count). The average Bonchev–Trinajstić information content (AvgIpc) is 2.86. The number of anilines is 1. The summed E-state index contributed by atoms with van der Waals surface area (Å²) in [4.78, 5) is 17.8. The van der Waals surface area contributed by atoms with Gasteiger partial charge in [-0.15, -0.1) is 11.8 Å². The third-order valence-corrected chi connectivity index (χ3v) is 4.88. The van der Waals surface area contributed by atoms with Crippen molar-refractivity contribution in [2.45, 2.75) is 10.6 Å². The van der Waals surface area contributed by atoms with Crippen LogP contribution in [0.4, 0.5) is 5.69 Å². The van der Waals surface area contributed by atoms with E-state index in [-0.39, 0.29) is 5.56 Å². The maximum atomic E-state index is 11.8. The van der Waals surface area contributed by atoms with Crippen molar-refractivity contribution in [3.63, 3.8) is 0 Å². The van der Waals surface area contributed by atoms with Gasteiger partial charge in [0.1, 0.15) is 5.51 Å². The van der Waals surface area contributed by atoms with Crippen LogP contribution in [0.25, 0.3) is 4.96 Å². The molecule has 0 radical (unpaired) electrons. The molecular weight excluding hydrogens is 360 g/mol. The van der Waals surface area contributed by atoms with Crippen LogP contribution in [-0.2, 0) is 5.75 Å². The van der Waals surface area contributed by atoms with Gasteiger partial charge in [-0.05, 0) is 18.2 Å². The van der Waals surface area contributed by atoms with Gasteiger partial charge in [-0.3, -0.25) is 4.79 Å². The summed E-state index contributed by atoms with van der Waals surface area (Å²) in [7, 11) is 0. The Labute approximate surface area is 131 Å². The lowest BCUT2D eigenvalue weighted by Gasteiger charge is -2.05. The number of benzene rings is 1. The van der Waals surface area contributed by atoms with E-state index < -0.39 is 0 Å². The number of thioether (sulfide) groups is 1. The lowest BCUT2D eigenvalue weighted by atomic mass is 10.3. The quantitative estimate of drug-likeness (QED) is 0.568. The smallest absolute Gasteiger partial charge is 0.275 e. The van der Waals surface area contributed by atoms with E-state index in [0.717, 1.165) is 15.1 Å². The number of nitrogens with two attached hydrogens (primary N) is 1. The van der Waals surface area contributed by atoms with Crippen LogP contribution in [0, 0.1) is 0 Å². The fourth-order valence-electron chi connectivity index (χ4n) is 1.68. The van der Waals surface area contributed by atoms with Crippen molar-refractivity contribution in [2.75, 3.05) is 5.73 Å². The molecule has 1 aromatic carbocycles. The lowest BCUT2D eigenvalue weighted by molar-refractivity contribution is 0.888. The van der Waals surface area contributed by atoms with Gasteiger partial charge in [0.25, 0.3) is 5.56 Å². The third-order valence-electron chi connectivity index (χ3n) is 2.59. The fourth-order valence-corrected chi connectivity index (χ4v) is 3.54. The summed E-state index contributed by atoms with van der Waals surface area (Å²) in [6.45, 7) is 0. The van der Waals surface area contributed by atoms with Crippen molar-refractivity contribution in [3.8, 4) is 0 Å². The van der Waals surface area contributed by atoms with Crippen molar-refractivity contribution in [1.82, 2.24) is 14.6 Å². The van der Waals surface area contributed by atoms with Gasteiger partial charge in [-0.25, -0.2) is 4.98 Å². The van der Waals surface area contributed by atoms with Gasteiger partial charge >= 0.3 is 0 Å². The molecule has 102 valence electrons. The van der Waals surface area contributed by atoms with Gasteiger partial charge in [0.2, 0.25) is 4.96 Å². The number of hydrogen-bond acceptors (Lipinski definition) is 6. The second kappa shape index (κ2) is 5.55. The zero-order valence-electron chi connectivity index (χ0n) is 10.1. The maximum absolute atomic E-state index is 11.8. The molecule has 2 aromatic heterocycles. The van der Waals surface area contributed by atoms with Crippen LogP contribution in [0.3, 0.4) is 0 Å². The Morgan fingerprint density at radius 1 is 1.40 bits per heavy atom. The number of aromatic nitrogens is 3. The van der Waals surface area contributed by atoms with Crippen LogP contribution in [0.5, 0.6) is 0 Å². The molecule has 0 fully saturated rings. The predicted octanol–water partition coefficient (Wildman–Crippen LogP) is 2.79. The molecule has 0 atom stereocenters. The minimum atomic E-state index is -0.157. The van der Waals surface area contributed by atoms with Crippen LogP contribution < -0.4 is 11.3 Å². The zero-order valence-corrected chi connectivity index (χ0v) is 13.3. The van der Waals surface area contributed by atoms with E-state index in [1.165, 1.54) is 21.9 Å². The first-order valence-corrected chi connectivity index (χ1v) is 8.29. The second-order valence-corrected chi connectivity index (χ2v) is 6.73. The van der Waals surface area contributed by atoms with Crippen LogP contribution in [0.2, 0.25) is 0 Å². The fraction of sp³-hybridized carbons (Fsp3) is 0.0833. The topological polar surface area (TPSA) is 73.3 Å². The van der Waals surface area contributed by atoms with Crippen LogP contribution >= 0.6 is 39.0 Å². The van der Waals surface area contributed by atoms with Gasteiger partial charge in [0, 0.05) is 26.9 Å². The molecule has 0 unspecified atom stereocenters. The number of nitrogens with zero attached hydrogens (tertiary/aromatic N) is 3. The first kappa shape index (κ1) is 13.6. The van der Waals surface area contributed by atoms with E-state index in [2.05, 4.69) is 26.0 Å². The molecule has 0 aliphatic rings. The largest absolute Gasteiger partial charge is 0.398 e. The molecule has 20 heavy (non-hydrogen) atoms. The SMILES string of the molecule is Nc1cc(Br)ccc1SCc1cc(=O)n2ncsc2n1. The Kier molecular flexibility index (Phi) is 3.77. The standard InChI is InChI=1S/C12H9BrN4OS2/c13-7-1-2-10(9(14)3-7)19-5-8-4-11(18)17-12(16-8)20-6-15-17/h1-4,6H,5,14H2. The van der Waals surface area contributed by atoms with Crippen LogP contribution in [0.1, 0.15) is 5.69 Å². The van der Waals surface area contributed by atoms with E-state index in [9.17, 15) is 4.79 Å². The molecule has 2 heterocycles. The van der Waals surface area contributed by atoms with Gasteiger partial charge in [0.05, 0.1) is 5.69 Å². The van der Waals surface area contributed by atoms with E-state index in [1.807, 2.05) is 18.2 Å². The Balaban J connectivity index is 1.84. The molecule has 0 saturated carbocycles. The Morgan fingerprint density at radius 2 is 2.25 bits per heavy atom. The predicted molar refractivity (Wildman–Crippen MR) is 85.2 cm³/mol. The summed E-state index contributed by atoms with van der Waals surface area (Å²) < 4.78 is 2.24. The molecule has 2 N–H and O–H groups in total. The monoisotopic (exact) mass is 368 g/mol. The molecule has 3 aromatic rings. The maximum Gasteiger partial charge on any atom is 0.275 e. The number of rotatable bonds is 3. The molecule has 0 aliphatic carbocycles. The Hall–Kier alpha value is -1.38. The summed E-state index contributed by atoms with van der Waals surface area (Å²) in [5.41, 5.74) is 8.83. The van der Waals surface area contributed by atoms with E-state index in [0.29, 0.717) is 16.4 Å². The van der Waals surface area contributed by atoms with Gasteiger partial charge < -0.3 is 5.73 Å². The van der Waals surface area contributed by atoms with E-state index in [1.54, 1.807) is 17.3 Å². The van der Waals surface area contributed by atoms with E-state index in [4.69, 9.17) is 5.73 Å². The molecule has 0 saturated heterocycles. The molecule has 0 amide bonds. The number of halogens is 1. The highest BCUT2D eigenvalue weighted by Gasteiger charge is 2.06.